The van der Waals surface area contributed by atoms with Crippen LogP contribution in [-0.2, 0) is 57.2 Å². The van der Waals surface area contributed by atoms with Gasteiger partial charge < -0.3 is 41.0 Å². The summed E-state index contributed by atoms with van der Waals surface area (Å²) in [6.07, 6.45) is 8.54. The van der Waals surface area contributed by atoms with Gasteiger partial charge in [0.15, 0.2) is 5.92 Å². The summed E-state index contributed by atoms with van der Waals surface area (Å²) < 4.78 is 28.5. The Kier molecular flexibility index (Phi) is 46.9. The van der Waals surface area contributed by atoms with Gasteiger partial charge in [0.2, 0.25) is 0 Å². The van der Waals surface area contributed by atoms with E-state index in [-0.39, 0.29) is 58.6 Å². The molecule has 13 nitrogen and oxygen atoms in total. The molecule has 0 aromatic heterocycles. The van der Waals surface area contributed by atoms with Gasteiger partial charge >= 0.3 is 54.7 Å². The number of hydrogen-bond acceptors (Lipinski definition) is 13. The molecule has 0 heterocycles. The van der Waals surface area contributed by atoms with Gasteiger partial charge in [0, 0.05) is 18.2 Å². The van der Waals surface area contributed by atoms with E-state index in [9.17, 15) is 33.9 Å². The minimum atomic E-state index is -0.929. The van der Waals surface area contributed by atoms with Gasteiger partial charge in [-0.1, -0.05) is 143 Å². The largest absolute Gasteiger partial charge is 1.00 e. The molecule has 1 fully saturated rings. The number of alkyl halides is 4. The number of halogens is 7. The van der Waals surface area contributed by atoms with E-state index in [1.807, 2.05) is 13.8 Å². The Morgan fingerprint density at radius 2 is 1.10 bits per heavy atom. The molecule has 2 aliphatic rings. The zero-order valence-corrected chi connectivity index (χ0v) is 46.6. The van der Waals surface area contributed by atoms with Crippen LogP contribution in [-0.4, -0.2) is 102 Å². The summed E-state index contributed by atoms with van der Waals surface area (Å²) in [5, 5.41) is 10.1. The third-order valence-electron chi connectivity index (χ3n) is 6.65. The van der Waals surface area contributed by atoms with Crippen LogP contribution >= 0.6 is 112 Å². The van der Waals surface area contributed by atoms with Crippen LogP contribution in [0.5, 0.6) is 0 Å². The first-order valence-corrected chi connectivity index (χ1v) is 22.5. The summed E-state index contributed by atoms with van der Waals surface area (Å²) in [4.78, 5) is 63.9. The molecule has 0 aliphatic heterocycles. The van der Waals surface area contributed by atoms with E-state index < -0.39 is 35.4 Å². The van der Waals surface area contributed by atoms with Gasteiger partial charge in [-0.3, -0.25) is 28.8 Å². The number of hydrogen-bond donors (Lipinski definition) is 1. The normalized spacial score (nSPS) is 14.4. The van der Waals surface area contributed by atoms with Crippen molar-refractivity contribution in [3.8, 4) is 0 Å². The van der Waals surface area contributed by atoms with Crippen LogP contribution in [0.3, 0.4) is 0 Å². The molecule has 0 bridgehead atoms. The predicted molar refractivity (Wildman–Crippen MR) is 253 cm³/mol. The number of esters is 6. The molecule has 0 aromatic carbocycles. The third-order valence-corrected chi connectivity index (χ3v) is 13.6. The van der Waals surface area contributed by atoms with E-state index in [2.05, 4.69) is 166 Å². The Balaban J connectivity index is -0.000000144. The molecule has 1 saturated carbocycles. The van der Waals surface area contributed by atoms with Crippen molar-refractivity contribution >= 4 is 147 Å². The van der Waals surface area contributed by atoms with E-state index in [0.717, 1.165) is 40.0 Å². The van der Waals surface area contributed by atoms with Crippen molar-refractivity contribution in [3.05, 3.63) is 52.3 Å². The van der Waals surface area contributed by atoms with Crippen molar-refractivity contribution in [2.24, 2.45) is 5.92 Å². The van der Waals surface area contributed by atoms with E-state index in [4.69, 9.17) is 0 Å². The van der Waals surface area contributed by atoms with Crippen LogP contribution in [0, 0.1) is 13.3 Å². The fraction of sp³-hybridized carbons (Fsp3) is 0.605. The van der Waals surface area contributed by atoms with Crippen LogP contribution in [0.4, 0.5) is 0 Å². The number of methoxy groups -OCH3 is 6. The van der Waals surface area contributed by atoms with E-state index >= 15 is 0 Å². The Bertz CT molecular complexity index is 1320. The molecule has 1 unspecified atom stereocenters. The summed E-state index contributed by atoms with van der Waals surface area (Å²) >= 11 is 23.1. The van der Waals surface area contributed by atoms with Crippen molar-refractivity contribution in [1.82, 2.24) is 0 Å². The van der Waals surface area contributed by atoms with Crippen LogP contribution in [0.15, 0.2) is 44.8 Å². The number of rotatable bonds is 16. The van der Waals surface area contributed by atoms with Gasteiger partial charge in [0.1, 0.15) is 6.42 Å². The van der Waals surface area contributed by atoms with E-state index in [1.165, 1.54) is 54.7 Å². The topological polar surface area (TPSA) is 178 Å². The molecule has 0 saturated heterocycles. The maximum Gasteiger partial charge on any atom is 1.00 e. The minimum Gasteiger partial charge on any atom is -0.469 e. The minimum absolute atomic E-state index is 0. The molecular formula is C38H58Br7LiO13. The fourth-order valence-corrected chi connectivity index (χ4v) is 6.34. The summed E-state index contributed by atoms with van der Waals surface area (Å²) in [5.41, 5.74) is 1.04. The Labute approximate surface area is 421 Å². The van der Waals surface area contributed by atoms with Crippen molar-refractivity contribution in [1.29, 1.82) is 0 Å². The Hall–Kier alpha value is -0.303. The fourth-order valence-electron chi connectivity index (χ4n) is 3.09. The van der Waals surface area contributed by atoms with Crippen molar-refractivity contribution < 1.29 is 81.2 Å². The number of allylic oxidation sites excluding steroid dienone is 5. The SMILES string of the molecule is C=C(Br)CBr.C=C(Br)CC(C(=O)OC)C(=O)OC.C=C(Br)CCC(=O)OC.CC(C)(O)CCC1=CC1.COC(=O)CC(=O)OC.COC(=O)CCC1(Br)CC1(Br)Br.[CH3-].[Li+]. The maximum atomic E-state index is 11.1. The average Bonchev–Trinajstić information content (AvgIpc) is 4.07. The van der Waals surface area contributed by atoms with E-state index in [0.29, 0.717) is 23.7 Å². The Morgan fingerprint density at radius 3 is 1.36 bits per heavy atom. The van der Waals surface area contributed by atoms with E-state index in [1.54, 1.807) is 0 Å². The summed E-state index contributed by atoms with van der Waals surface area (Å²) in [6, 6.07) is 0. The summed E-state index contributed by atoms with van der Waals surface area (Å²) in [6.45, 7) is 14.4. The van der Waals surface area contributed by atoms with Gasteiger partial charge in [0.25, 0.3) is 0 Å². The smallest absolute Gasteiger partial charge is 0.469 e. The second-order valence-corrected chi connectivity index (χ2v) is 21.4. The monoisotopic (exact) mass is 1280 g/mol. The van der Waals surface area contributed by atoms with Gasteiger partial charge in [0.05, 0.1) is 62.2 Å². The second kappa shape index (κ2) is 39.3. The van der Waals surface area contributed by atoms with Crippen LogP contribution in [0.1, 0.15) is 78.1 Å². The van der Waals surface area contributed by atoms with Crippen molar-refractivity contribution in [2.75, 3.05) is 48.0 Å². The maximum absolute atomic E-state index is 11.1. The molecule has 59 heavy (non-hydrogen) atoms. The van der Waals surface area contributed by atoms with Gasteiger partial charge in [-0.05, 0) is 65.8 Å². The predicted octanol–water partition coefficient (Wildman–Crippen LogP) is 7.39. The molecule has 2 rings (SSSR count). The average molecular weight is 1290 g/mol. The first-order valence-electron chi connectivity index (χ1n) is 16.6. The first kappa shape index (κ1) is 70.4. The molecule has 338 valence electrons. The molecule has 0 amide bonds. The number of aliphatic hydroxyl groups is 1. The number of carbonyl (C=O) groups excluding carboxylic acids is 6. The Morgan fingerprint density at radius 1 is 0.729 bits per heavy atom. The second-order valence-electron chi connectivity index (χ2n) is 12.2. The third kappa shape index (κ3) is 45.5. The van der Waals surface area contributed by atoms with Crippen LogP contribution < -0.4 is 18.9 Å². The van der Waals surface area contributed by atoms with Crippen molar-refractivity contribution in [2.45, 2.75) is 91.2 Å². The molecule has 0 aromatic rings. The zero-order chi connectivity index (χ0) is 45.6. The first-order chi connectivity index (χ1) is 26.1. The summed E-state index contributed by atoms with van der Waals surface area (Å²) in [5.74, 6) is -3.68. The zero-order valence-electron chi connectivity index (χ0n) is 35.5. The standard InChI is InChI=1S/C8H11BrO4.C8H14O.C7H9Br3O2.C6H9BrO2.C5H8O4.C3H4Br2.CH3.Li/c1-5(9)4-6(7(10)12-2)8(11)13-3;1-8(2,9)6-5-7-3-4-7;1-12-5(11)2-3-6(8)4-7(6,9)10;1-5(7)3-4-6(8)9-2;1-8-4(6)3-5(7)9-2;1-3(5)2-4;;/h6H,1,4H2,2-3H3;3,9H,4-6H2,1-2H3;2-4H2,1H3;1,3-4H2,2H3;3H2,1-2H3;1-2H2;1H3;/q;;;;;;-1;+1. The molecule has 2 aliphatic carbocycles. The van der Waals surface area contributed by atoms with Crippen LogP contribution in [0.2, 0.25) is 0 Å². The molecule has 0 spiro atoms. The van der Waals surface area contributed by atoms with Gasteiger partial charge in [-0.2, -0.15) is 0 Å². The van der Waals surface area contributed by atoms with Gasteiger partial charge in [-0.25, -0.2) is 0 Å². The molecular weight excluding hydrogens is 1230 g/mol. The molecule has 1 atom stereocenters. The number of carbonyl (C=O) groups is 6. The molecule has 21 heteroatoms. The molecule has 0 radical (unpaired) electrons. The molecule has 1 N–H and O–H groups in total. The van der Waals surface area contributed by atoms with Crippen LogP contribution in [0.25, 0.3) is 0 Å². The van der Waals surface area contributed by atoms with Crippen molar-refractivity contribution in [3.63, 3.8) is 0 Å². The van der Waals surface area contributed by atoms with Gasteiger partial charge in [-0.15, -0.1) is 0 Å². The summed E-state index contributed by atoms with van der Waals surface area (Å²) in [7, 11) is 7.64. The number of ether oxygens (including phenoxy) is 6. The quantitative estimate of drug-likeness (QED) is 0.0308.